The zero-order chi connectivity index (χ0) is 18.9. The summed E-state index contributed by atoms with van der Waals surface area (Å²) in [6, 6.07) is 9.87. The van der Waals surface area contributed by atoms with Gasteiger partial charge in [-0.3, -0.25) is 14.6 Å². The van der Waals surface area contributed by atoms with Gasteiger partial charge in [0.15, 0.2) is 0 Å². The third-order valence-electron chi connectivity index (χ3n) is 4.61. The van der Waals surface area contributed by atoms with Crippen molar-refractivity contribution >= 4 is 11.9 Å². The van der Waals surface area contributed by atoms with E-state index in [1.807, 2.05) is 19.9 Å². The van der Waals surface area contributed by atoms with E-state index in [-0.39, 0.29) is 11.9 Å². The van der Waals surface area contributed by atoms with E-state index in [1.54, 1.807) is 0 Å². The maximum absolute atomic E-state index is 12.3. The minimum absolute atomic E-state index is 0.113. The molecule has 6 nitrogen and oxygen atoms in total. The van der Waals surface area contributed by atoms with E-state index >= 15 is 0 Å². The molecular formula is C20H31N3O3. The van der Waals surface area contributed by atoms with Crippen molar-refractivity contribution in [1.82, 2.24) is 15.1 Å². The van der Waals surface area contributed by atoms with Gasteiger partial charge in [-0.15, -0.1) is 0 Å². The average Bonchev–Trinajstić information content (AvgIpc) is 2.62. The van der Waals surface area contributed by atoms with Crippen LogP contribution in [-0.2, 0) is 20.9 Å². The highest BCUT2D eigenvalue weighted by Gasteiger charge is 2.24. The summed E-state index contributed by atoms with van der Waals surface area (Å²) in [5.74, 6) is -0.182. The molecular weight excluding hydrogens is 330 g/mol. The molecule has 0 radical (unpaired) electrons. The van der Waals surface area contributed by atoms with Gasteiger partial charge in [-0.2, -0.15) is 0 Å². The summed E-state index contributed by atoms with van der Waals surface area (Å²) in [4.78, 5) is 28.7. The minimum atomic E-state index is -0.563. The van der Waals surface area contributed by atoms with Gasteiger partial charge in [0.05, 0.1) is 13.7 Å². The van der Waals surface area contributed by atoms with Crippen LogP contribution < -0.4 is 5.32 Å². The summed E-state index contributed by atoms with van der Waals surface area (Å²) >= 11 is 0. The van der Waals surface area contributed by atoms with Gasteiger partial charge in [0.2, 0.25) is 5.91 Å². The first-order chi connectivity index (χ1) is 12.5. The molecule has 144 valence electrons. The van der Waals surface area contributed by atoms with Gasteiger partial charge in [-0.1, -0.05) is 44.2 Å². The first kappa shape index (κ1) is 20.4. The zero-order valence-electron chi connectivity index (χ0n) is 16.1. The molecule has 0 spiro atoms. The lowest BCUT2D eigenvalue weighted by Gasteiger charge is -2.34. The molecule has 1 amide bonds. The van der Waals surface area contributed by atoms with Gasteiger partial charge in [-0.05, 0) is 17.9 Å². The number of esters is 1. The summed E-state index contributed by atoms with van der Waals surface area (Å²) in [6.07, 6.45) is 0.587. The number of hydrogen-bond acceptors (Lipinski definition) is 5. The molecule has 1 aromatic rings. The van der Waals surface area contributed by atoms with Crippen molar-refractivity contribution < 1.29 is 14.3 Å². The van der Waals surface area contributed by atoms with Gasteiger partial charge in [0, 0.05) is 32.7 Å². The minimum Gasteiger partial charge on any atom is -0.467 e. The molecule has 1 atom stereocenters. The van der Waals surface area contributed by atoms with Gasteiger partial charge in [0.1, 0.15) is 6.04 Å². The van der Waals surface area contributed by atoms with Crippen LogP contribution in [0.2, 0.25) is 0 Å². The fraction of sp³-hybridized carbons (Fsp3) is 0.600. The lowest BCUT2D eigenvalue weighted by molar-refractivity contribution is -0.145. The number of amides is 1. The van der Waals surface area contributed by atoms with Crippen molar-refractivity contribution in [2.45, 2.75) is 32.9 Å². The Bertz CT molecular complexity index is 569. The fourth-order valence-electron chi connectivity index (χ4n) is 3.22. The number of benzene rings is 1. The third kappa shape index (κ3) is 6.77. The molecule has 1 saturated heterocycles. The first-order valence-electron chi connectivity index (χ1n) is 9.33. The lowest BCUT2D eigenvalue weighted by atomic mass is 10.0. The largest absolute Gasteiger partial charge is 0.467 e. The average molecular weight is 361 g/mol. The van der Waals surface area contributed by atoms with Crippen molar-refractivity contribution in [2.75, 3.05) is 39.8 Å². The monoisotopic (exact) mass is 361 g/mol. The highest BCUT2D eigenvalue weighted by atomic mass is 16.5. The predicted molar refractivity (Wildman–Crippen MR) is 102 cm³/mol. The topological polar surface area (TPSA) is 61.9 Å². The quantitative estimate of drug-likeness (QED) is 0.711. The third-order valence-corrected chi connectivity index (χ3v) is 4.61. The molecule has 6 heteroatoms. The van der Waals surface area contributed by atoms with Crippen molar-refractivity contribution in [3.8, 4) is 0 Å². The van der Waals surface area contributed by atoms with E-state index < -0.39 is 6.04 Å². The predicted octanol–water partition coefficient (Wildman–Crippen LogP) is 1.51. The van der Waals surface area contributed by atoms with Crippen molar-refractivity contribution in [2.24, 2.45) is 5.92 Å². The Morgan fingerprint density at radius 3 is 2.27 bits per heavy atom. The number of ether oxygens (including phenoxy) is 1. The first-order valence-corrected chi connectivity index (χ1v) is 9.33. The fourth-order valence-corrected chi connectivity index (χ4v) is 3.22. The highest BCUT2D eigenvalue weighted by molar-refractivity contribution is 5.85. The normalized spacial score (nSPS) is 17.1. The Balaban J connectivity index is 1.75. The smallest absolute Gasteiger partial charge is 0.328 e. The number of carbonyl (C=O) groups is 2. The number of methoxy groups -OCH3 is 1. The number of nitrogens with zero attached hydrogens (tertiary/aromatic N) is 2. The van der Waals surface area contributed by atoms with Crippen LogP contribution in [0.25, 0.3) is 0 Å². The molecule has 1 aliphatic heterocycles. The Labute approximate surface area is 156 Å². The van der Waals surface area contributed by atoms with Crippen molar-refractivity contribution in [3.63, 3.8) is 0 Å². The summed E-state index contributed by atoms with van der Waals surface area (Å²) in [6.45, 7) is 8.90. The standard InChI is InChI=1S/C20H31N3O3/c1-16(2)13-18(20(25)26-3)21-19(24)15-23-11-9-22(10-12-23)14-17-7-5-4-6-8-17/h4-8,16,18H,9-15H2,1-3H3,(H,21,24)/t18-/m0/s1. The lowest BCUT2D eigenvalue weighted by Crippen LogP contribution is -2.51. The van der Waals surface area contributed by atoms with E-state index in [2.05, 4.69) is 39.4 Å². The second kappa shape index (κ2) is 10.3. The van der Waals surface area contributed by atoms with Gasteiger partial charge in [-0.25, -0.2) is 4.79 Å². The maximum Gasteiger partial charge on any atom is 0.328 e. The molecule has 0 bridgehead atoms. The van der Waals surface area contributed by atoms with Gasteiger partial charge >= 0.3 is 5.97 Å². The van der Waals surface area contributed by atoms with Gasteiger partial charge in [0.25, 0.3) is 0 Å². The summed E-state index contributed by atoms with van der Waals surface area (Å²) in [5, 5.41) is 2.83. The van der Waals surface area contributed by atoms with E-state index in [0.29, 0.717) is 18.9 Å². The maximum atomic E-state index is 12.3. The molecule has 0 unspecified atom stereocenters. The highest BCUT2D eigenvalue weighted by Crippen LogP contribution is 2.09. The van der Waals surface area contributed by atoms with Crippen LogP contribution in [0.3, 0.4) is 0 Å². The molecule has 1 fully saturated rings. The van der Waals surface area contributed by atoms with E-state index in [4.69, 9.17) is 4.74 Å². The molecule has 1 aliphatic rings. The SMILES string of the molecule is COC(=O)[C@H](CC(C)C)NC(=O)CN1CCN(Cc2ccccc2)CC1. The second-order valence-electron chi connectivity index (χ2n) is 7.31. The van der Waals surface area contributed by atoms with E-state index in [9.17, 15) is 9.59 Å². The van der Waals surface area contributed by atoms with Crippen LogP contribution in [0.15, 0.2) is 30.3 Å². The van der Waals surface area contributed by atoms with Crippen molar-refractivity contribution in [1.29, 1.82) is 0 Å². The molecule has 0 aromatic heterocycles. The molecule has 0 saturated carbocycles. The Morgan fingerprint density at radius 1 is 1.08 bits per heavy atom. The van der Waals surface area contributed by atoms with Crippen molar-refractivity contribution in [3.05, 3.63) is 35.9 Å². The van der Waals surface area contributed by atoms with Crippen LogP contribution in [-0.4, -0.2) is 67.6 Å². The van der Waals surface area contributed by atoms with Crippen LogP contribution in [0.1, 0.15) is 25.8 Å². The molecule has 0 aliphatic carbocycles. The number of carbonyl (C=O) groups excluding carboxylic acids is 2. The molecule has 1 aromatic carbocycles. The Hall–Kier alpha value is -1.92. The molecule has 2 rings (SSSR count). The van der Waals surface area contributed by atoms with E-state index in [0.717, 1.165) is 32.7 Å². The van der Waals surface area contributed by atoms with Gasteiger partial charge < -0.3 is 10.1 Å². The van der Waals surface area contributed by atoms with Crippen LogP contribution in [0.5, 0.6) is 0 Å². The zero-order valence-corrected chi connectivity index (χ0v) is 16.1. The number of hydrogen-bond donors (Lipinski definition) is 1. The van der Waals surface area contributed by atoms with Crippen LogP contribution in [0.4, 0.5) is 0 Å². The van der Waals surface area contributed by atoms with Crippen LogP contribution in [0, 0.1) is 5.92 Å². The molecule has 26 heavy (non-hydrogen) atoms. The van der Waals surface area contributed by atoms with Crippen LogP contribution >= 0.6 is 0 Å². The summed E-state index contributed by atoms with van der Waals surface area (Å²) < 4.78 is 4.80. The Morgan fingerprint density at radius 2 is 1.69 bits per heavy atom. The summed E-state index contributed by atoms with van der Waals surface area (Å²) in [5.41, 5.74) is 1.31. The number of piperazine rings is 1. The molecule has 1 heterocycles. The van der Waals surface area contributed by atoms with E-state index in [1.165, 1.54) is 12.7 Å². The summed E-state index contributed by atoms with van der Waals surface area (Å²) in [7, 11) is 1.35. The second-order valence-corrected chi connectivity index (χ2v) is 7.31. The Kier molecular flexibility index (Phi) is 8.06. The number of nitrogens with one attached hydrogen (secondary N) is 1. The molecule has 1 N–H and O–H groups in total. The number of rotatable bonds is 8.